The molecule has 5 nitrogen and oxygen atoms in total. The first-order chi connectivity index (χ1) is 18.1. The normalized spacial score (nSPS) is 20.4. The van der Waals surface area contributed by atoms with Gasteiger partial charge < -0.3 is 14.4 Å². The third-order valence-corrected chi connectivity index (χ3v) is 7.82. The summed E-state index contributed by atoms with van der Waals surface area (Å²) < 4.78 is 10.8. The number of ether oxygens (including phenoxy) is 2. The number of aliphatic imine (C=N–C) groups is 1. The van der Waals surface area contributed by atoms with Gasteiger partial charge in [0.1, 0.15) is 11.5 Å². The van der Waals surface area contributed by atoms with E-state index in [1.807, 2.05) is 12.1 Å². The first kappa shape index (κ1) is 23.6. The number of hydrogen-bond donors (Lipinski definition) is 0. The number of rotatable bonds is 5. The minimum atomic E-state index is 0.0388. The minimum absolute atomic E-state index is 0.0388. The average Bonchev–Trinajstić information content (AvgIpc) is 3.36. The summed E-state index contributed by atoms with van der Waals surface area (Å²) in [7, 11) is 5.59. The van der Waals surface area contributed by atoms with Crippen LogP contribution in [-0.2, 0) is 0 Å². The lowest BCUT2D eigenvalue weighted by molar-refractivity contribution is 0.344. The topological polar surface area (TPSA) is 37.3 Å². The number of methoxy groups -OCH3 is 2. The van der Waals surface area contributed by atoms with E-state index >= 15 is 0 Å². The van der Waals surface area contributed by atoms with E-state index in [0.29, 0.717) is 0 Å². The summed E-state index contributed by atoms with van der Waals surface area (Å²) in [6.07, 6.45) is 2.26. The van der Waals surface area contributed by atoms with Crippen LogP contribution < -0.4 is 9.47 Å². The second kappa shape index (κ2) is 9.96. The largest absolute Gasteiger partial charge is 0.497 e. The fourth-order valence-corrected chi connectivity index (χ4v) is 6.16. The van der Waals surface area contributed by atoms with Gasteiger partial charge >= 0.3 is 0 Å². The lowest BCUT2D eigenvalue weighted by Gasteiger charge is -2.42. The molecule has 0 aliphatic carbocycles. The lowest BCUT2D eigenvalue weighted by atomic mass is 9.88. The van der Waals surface area contributed by atoms with E-state index in [1.54, 1.807) is 26.0 Å². The van der Waals surface area contributed by atoms with Crippen LogP contribution in [0.4, 0.5) is 0 Å². The van der Waals surface area contributed by atoms with Gasteiger partial charge in [-0.1, -0.05) is 66.4 Å². The van der Waals surface area contributed by atoms with Crippen LogP contribution in [0.1, 0.15) is 22.7 Å². The molecule has 186 valence electrons. The summed E-state index contributed by atoms with van der Waals surface area (Å²) in [5, 5.41) is 3.25. The standard InChI is InChI=1S/C31H29N3O2S/c1-33-18-24(17-21-9-13-25(35-2)14-10-21)29-27(19-33)30(23-11-15-26(36-3)16-12-23)34-28(20-37-31(34)32-29)22-7-5-4-6-8-22/h4-17,20,30H,18-19H2,1-3H3/b24-17+/t30-/m0/s1. The Balaban J connectivity index is 1.49. The molecule has 0 spiro atoms. The summed E-state index contributed by atoms with van der Waals surface area (Å²) in [4.78, 5) is 10.1. The van der Waals surface area contributed by atoms with Crippen molar-refractivity contribution in [2.24, 2.45) is 4.99 Å². The van der Waals surface area contributed by atoms with E-state index in [0.717, 1.165) is 41.0 Å². The van der Waals surface area contributed by atoms with Crippen molar-refractivity contribution in [3.05, 3.63) is 118 Å². The zero-order valence-corrected chi connectivity index (χ0v) is 22.0. The second-order valence-corrected chi connectivity index (χ2v) is 10.3. The van der Waals surface area contributed by atoms with Crippen LogP contribution in [0.3, 0.4) is 0 Å². The summed E-state index contributed by atoms with van der Waals surface area (Å²) in [5.74, 6) is 1.72. The third kappa shape index (κ3) is 4.47. The zero-order valence-electron chi connectivity index (χ0n) is 21.2. The van der Waals surface area contributed by atoms with E-state index in [1.165, 1.54) is 28.0 Å². The van der Waals surface area contributed by atoms with E-state index < -0.39 is 0 Å². The van der Waals surface area contributed by atoms with Gasteiger partial charge in [0.25, 0.3) is 0 Å². The molecule has 0 fully saturated rings. The zero-order chi connectivity index (χ0) is 25.4. The molecule has 0 unspecified atom stereocenters. The smallest absolute Gasteiger partial charge is 0.174 e. The van der Waals surface area contributed by atoms with Crippen molar-refractivity contribution in [1.82, 2.24) is 9.80 Å². The average molecular weight is 508 g/mol. The predicted octanol–water partition coefficient (Wildman–Crippen LogP) is 6.45. The van der Waals surface area contributed by atoms with Gasteiger partial charge in [0.2, 0.25) is 0 Å². The van der Waals surface area contributed by atoms with Crippen molar-refractivity contribution >= 4 is 28.7 Å². The fraction of sp³-hybridized carbons (Fsp3) is 0.194. The molecule has 3 aliphatic rings. The van der Waals surface area contributed by atoms with Gasteiger partial charge in [-0.25, -0.2) is 4.99 Å². The molecule has 0 bridgehead atoms. The van der Waals surface area contributed by atoms with Crippen molar-refractivity contribution < 1.29 is 9.47 Å². The molecule has 1 atom stereocenters. The van der Waals surface area contributed by atoms with Crippen LogP contribution in [0, 0.1) is 0 Å². The molecule has 37 heavy (non-hydrogen) atoms. The lowest BCUT2D eigenvalue weighted by Crippen LogP contribution is -2.40. The molecule has 0 saturated heterocycles. The number of hydrogen-bond acceptors (Lipinski definition) is 6. The van der Waals surface area contributed by atoms with Gasteiger partial charge in [0.15, 0.2) is 5.17 Å². The second-order valence-electron chi connectivity index (χ2n) is 9.42. The minimum Gasteiger partial charge on any atom is -0.497 e. The first-order valence-corrected chi connectivity index (χ1v) is 13.2. The molecule has 6 heteroatoms. The van der Waals surface area contributed by atoms with Crippen LogP contribution in [0.25, 0.3) is 11.8 Å². The fourth-order valence-electron chi connectivity index (χ4n) is 5.23. The van der Waals surface area contributed by atoms with Crippen molar-refractivity contribution in [2.45, 2.75) is 6.04 Å². The number of thioether (sulfide) groups is 1. The van der Waals surface area contributed by atoms with Crippen molar-refractivity contribution in [1.29, 1.82) is 0 Å². The van der Waals surface area contributed by atoms with Gasteiger partial charge in [-0.15, -0.1) is 0 Å². The van der Waals surface area contributed by atoms with E-state index in [2.05, 4.69) is 95.1 Å². The van der Waals surface area contributed by atoms with Crippen LogP contribution in [-0.4, -0.2) is 49.3 Å². The Labute approximate surface area is 222 Å². The highest BCUT2D eigenvalue weighted by atomic mass is 32.2. The highest BCUT2D eigenvalue weighted by molar-refractivity contribution is 8.16. The monoisotopic (exact) mass is 507 g/mol. The van der Waals surface area contributed by atoms with Gasteiger partial charge in [-0.2, -0.15) is 0 Å². The van der Waals surface area contributed by atoms with Crippen molar-refractivity contribution in [3.63, 3.8) is 0 Å². The molecule has 6 rings (SSSR count). The van der Waals surface area contributed by atoms with Gasteiger partial charge in [-0.3, -0.25) is 4.90 Å². The molecule has 3 aliphatic heterocycles. The molecule has 0 amide bonds. The summed E-state index contributed by atoms with van der Waals surface area (Å²) in [6, 6.07) is 27.3. The molecule has 3 aromatic carbocycles. The van der Waals surface area contributed by atoms with Crippen LogP contribution in [0.15, 0.2) is 106 Å². The molecular formula is C31H29N3O2S. The van der Waals surface area contributed by atoms with Crippen LogP contribution in [0.5, 0.6) is 11.5 Å². The van der Waals surface area contributed by atoms with Crippen molar-refractivity contribution in [2.75, 3.05) is 34.4 Å². The van der Waals surface area contributed by atoms with E-state index in [4.69, 9.17) is 14.5 Å². The molecule has 0 radical (unpaired) electrons. The summed E-state index contributed by atoms with van der Waals surface area (Å²) in [5.41, 5.74) is 8.40. The van der Waals surface area contributed by atoms with Crippen LogP contribution in [0.2, 0.25) is 0 Å². The van der Waals surface area contributed by atoms with E-state index in [9.17, 15) is 0 Å². The number of amidine groups is 1. The Morgan fingerprint density at radius 2 is 1.54 bits per heavy atom. The van der Waals surface area contributed by atoms with Crippen LogP contribution >= 0.6 is 11.8 Å². The molecule has 0 saturated carbocycles. The summed E-state index contributed by atoms with van der Waals surface area (Å²) in [6.45, 7) is 1.70. The summed E-state index contributed by atoms with van der Waals surface area (Å²) >= 11 is 1.70. The van der Waals surface area contributed by atoms with Gasteiger partial charge in [-0.05, 0) is 65.2 Å². The molecular weight excluding hydrogens is 478 g/mol. The molecule has 0 N–H and O–H groups in total. The SMILES string of the molecule is COc1ccc(/C=C2\CN(C)CC3=C2N=C2SC=C(c4ccccc4)N2[C@H]3c2ccc(OC)cc2)cc1. The Morgan fingerprint density at radius 1 is 0.865 bits per heavy atom. The van der Waals surface area contributed by atoms with Gasteiger partial charge in [0, 0.05) is 18.5 Å². The highest BCUT2D eigenvalue weighted by Gasteiger charge is 2.41. The Bertz CT molecular complexity index is 1420. The Kier molecular flexibility index (Phi) is 6.37. The number of nitrogens with zero attached hydrogens (tertiary/aromatic N) is 3. The Morgan fingerprint density at radius 3 is 2.22 bits per heavy atom. The number of likely N-dealkylation sites (N-methyl/N-ethyl adjacent to an activating group) is 1. The third-order valence-electron chi connectivity index (χ3n) is 6.98. The molecule has 3 heterocycles. The number of benzene rings is 3. The Hall–Kier alpha value is -3.74. The molecule has 3 aromatic rings. The molecule has 0 aromatic heterocycles. The van der Waals surface area contributed by atoms with Crippen molar-refractivity contribution in [3.8, 4) is 11.5 Å². The maximum atomic E-state index is 5.47. The quantitative estimate of drug-likeness (QED) is 0.397. The maximum absolute atomic E-state index is 5.47. The highest BCUT2D eigenvalue weighted by Crippen LogP contribution is 2.49. The van der Waals surface area contributed by atoms with E-state index in [-0.39, 0.29) is 6.04 Å². The number of fused-ring (bicyclic) bond motifs is 1. The predicted molar refractivity (Wildman–Crippen MR) is 153 cm³/mol. The first-order valence-electron chi connectivity index (χ1n) is 12.4. The maximum Gasteiger partial charge on any atom is 0.174 e. The van der Waals surface area contributed by atoms with Gasteiger partial charge in [0.05, 0.1) is 31.7 Å².